The Morgan fingerprint density at radius 1 is 0.979 bits per heavy atom. The van der Waals surface area contributed by atoms with Crippen LogP contribution in [-0.2, 0) is 28.8 Å². The molecule has 6 unspecified atom stereocenters. The van der Waals surface area contributed by atoms with Crippen molar-refractivity contribution >= 4 is 47.4 Å². The zero-order valence-corrected chi connectivity index (χ0v) is 25.7. The van der Waals surface area contributed by atoms with Gasteiger partial charge in [0.05, 0.1) is 19.3 Å². The molecule has 2 heterocycles. The molecule has 2 aliphatic rings. The Labute approximate surface area is 273 Å². The molecule has 0 aromatic carbocycles. The number of aliphatic imine (C=N–C) groups is 1. The molecule has 268 valence electrons. The fourth-order valence-corrected chi connectivity index (χ4v) is 4.46. The van der Waals surface area contributed by atoms with E-state index in [0.29, 0.717) is 25.6 Å². The monoisotopic (exact) mass is 685 g/mol. The van der Waals surface area contributed by atoms with Crippen molar-refractivity contribution in [1.82, 2.24) is 42.5 Å². The van der Waals surface area contributed by atoms with Gasteiger partial charge in [0.2, 0.25) is 29.5 Å². The van der Waals surface area contributed by atoms with Crippen LogP contribution in [0.5, 0.6) is 0 Å². The molecule has 0 radical (unpaired) electrons. The van der Waals surface area contributed by atoms with E-state index in [9.17, 15) is 48.9 Å². The first-order valence-corrected chi connectivity index (χ1v) is 14.7. The number of amides is 8. The predicted octanol–water partition coefficient (Wildman–Crippen LogP) is -8.88. The molecule has 19 N–H and O–H groups in total. The number of urea groups is 1. The Bertz CT molecular complexity index is 1280. The summed E-state index contributed by atoms with van der Waals surface area (Å²) in [4.78, 5) is 94.0. The molecule has 0 aromatic heterocycles. The molecular weight excluding hydrogens is 642 g/mol. The largest absolute Gasteiger partial charge is 0.394 e. The number of hydrogen-bond donors (Lipinski definition) is 15. The zero-order valence-electron chi connectivity index (χ0n) is 25.7. The van der Waals surface area contributed by atoms with E-state index < -0.39 is 109 Å². The Hall–Kier alpha value is -5.10. The number of carbonyl (C=O) groups is 7. The first kappa shape index (κ1) is 39.1. The SMILES string of the molecule is NCCCC(N)CC(=O)NC1CNC(=O)C(C2C[C@@H](O)N=C(N)N2)NC(=O)/C(=C/NC(N)=O)NC(=O)C(CO)NC(=O)C(CO)NC1=O. The first-order chi connectivity index (χ1) is 22.7. The van der Waals surface area contributed by atoms with E-state index in [1.807, 2.05) is 5.32 Å². The maximum absolute atomic E-state index is 13.6. The molecule has 0 spiro atoms. The van der Waals surface area contributed by atoms with Gasteiger partial charge >= 0.3 is 6.03 Å². The van der Waals surface area contributed by atoms with Gasteiger partial charge in [-0.15, -0.1) is 0 Å². The van der Waals surface area contributed by atoms with Gasteiger partial charge in [0.25, 0.3) is 5.91 Å². The molecule has 1 fully saturated rings. The molecule has 7 atom stereocenters. The van der Waals surface area contributed by atoms with Gasteiger partial charge in [-0.2, -0.15) is 0 Å². The summed E-state index contributed by atoms with van der Waals surface area (Å²) in [5.41, 5.74) is 21.5. The highest BCUT2D eigenvalue weighted by molar-refractivity contribution is 6.02. The van der Waals surface area contributed by atoms with Crippen LogP contribution < -0.4 is 65.5 Å². The molecule has 0 aliphatic carbocycles. The minimum Gasteiger partial charge on any atom is -0.394 e. The standard InChI is InChI=1S/C25H43N13O10/c26-3-1-2-10(27)4-16(41)32-12-6-30-23(47)18(11-5-17(42)37-24(28)36-11)38-20(44)13(7-31-25(29)48)33-21(45)14(8-39)35-22(46)15(9-40)34-19(12)43/h7,10-12,14-15,17-18,39-40,42H,1-6,8-9,26-27H2,(H,30,47)(H,32,41)(H,33,45)(H,34,43)(H,35,46)(H,38,44)(H3,28,36,37)(H3,29,31,48)/b13-7-/t10?,11?,12?,14?,15?,17-,18?/m1/s1. The Morgan fingerprint density at radius 2 is 1.62 bits per heavy atom. The number of nitrogens with zero attached hydrogens (tertiary/aromatic N) is 1. The molecule has 0 saturated carbocycles. The van der Waals surface area contributed by atoms with Crippen molar-refractivity contribution in [3.63, 3.8) is 0 Å². The Morgan fingerprint density at radius 3 is 2.23 bits per heavy atom. The summed E-state index contributed by atoms with van der Waals surface area (Å²) in [6, 6.07) is -9.66. The number of nitrogens with two attached hydrogens (primary N) is 4. The van der Waals surface area contributed by atoms with Gasteiger partial charge < -0.3 is 80.8 Å². The topological polar surface area (TPSA) is 393 Å². The summed E-state index contributed by atoms with van der Waals surface area (Å²) in [5.74, 6) is -6.65. The van der Waals surface area contributed by atoms with Gasteiger partial charge in [0.15, 0.2) is 12.2 Å². The van der Waals surface area contributed by atoms with E-state index in [4.69, 9.17) is 22.9 Å². The smallest absolute Gasteiger partial charge is 0.316 e. The fraction of sp³-hybridized carbons (Fsp3) is 0.600. The van der Waals surface area contributed by atoms with Crippen LogP contribution in [0, 0.1) is 0 Å². The lowest BCUT2D eigenvalue weighted by Crippen LogP contribution is -2.64. The van der Waals surface area contributed by atoms with E-state index in [1.165, 1.54) is 0 Å². The molecular formula is C25H43N13O10. The summed E-state index contributed by atoms with van der Waals surface area (Å²) in [6.07, 6.45) is -0.339. The van der Waals surface area contributed by atoms with E-state index >= 15 is 0 Å². The van der Waals surface area contributed by atoms with Crippen molar-refractivity contribution in [1.29, 1.82) is 0 Å². The number of primary amides is 1. The summed E-state index contributed by atoms with van der Waals surface area (Å²) in [6.45, 7) is -2.36. The normalized spacial score (nSPS) is 27.6. The van der Waals surface area contributed by atoms with Crippen LogP contribution in [0.25, 0.3) is 0 Å². The van der Waals surface area contributed by atoms with Crippen LogP contribution in [0.4, 0.5) is 4.79 Å². The number of aliphatic hydroxyl groups is 3. The number of guanidine groups is 1. The van der Waals surface area contributed by atoms with Crippen molar-refractivity contribution < 1.29 is 48.9 Å². The fourth-order valence-electron chi connectivity index (χ4n) is 4.46. The van der Waals surface area contributed by atoms with Crippen molar-refractivity contribution in [2.45, 2.75) is 68.2 Å². The summed E-state index contributed by atoms with van der Waals surface area (Å²) >= 11 is 0. The third-order valence-electron chi connectivity index (χ3n) is 6.91. The van der Waals surface area contributed by atoms with E-state index in [0.717, 1.165) is 0 Å². The molecule has 2 rings (SSSR count). The molecule has 0 aromatic rings. The van der Waals surface area contributed by atoms with Crippen LogP contribution in [0.15, 0.2) is 16.9 Å². The number of aliphatic hydroxyl groups excluding tert-OH is 3. The lowest BCUT2D eigenvalue weighted by atomic mass is 10.0. The average Bonchev–Trinajstić information content (AvgIpc) is 3.02. The Kier molecular flexibility index (Phi) is 15.4. The average molecular weight is 686 g/mol. The van der Waals surface area contributed by atoms with Crippen LogP contribution in [0.2, 0.25) is 0 Å². The molecule has 1 saturated heterocycles. The van der Waals surface area contributed by atoms with Crippen LogP contribution in [0.1, 0.15) is 25.7 Å². The number of carbonyl (C=O) groups excluding carboxylic acids is 7. The van der Waals surface area contributed by atoms with Gasteiger partial charge in [-0.25, -0.2) is 9.79 Å². The van der Waals surface area contributed by atoms with Crippen LogP contribution in [0.3, 0.4) is 0 Å². The highest BCUT2D eigenvalue weighted by Gasteiger charge is 2.37. The van der Waals surface area contributed by atoms with Crippen molar-refractivity contribution in [2.24, 2.45) is 27.9 Å². The van der Waals surface area contributed by atoms with Crippen molar-refractivity contribution in [2.75, 3.05) is 26.3 Å². The van der Waals surface area contributed by atoms with Gasteiger partial charge in [-0.1, -0.05) is 0 Å². The molecule has 48 heavy (non-hydrogen) atoms. The summed E-state index contributed by atoms with van der Waals surface area (Å²) < 4.78 is 0. The van der Waals surface area contributed by atoms with Crippen LogP contribution >= 0.6 is 0 Å². The second-order valence-corrected chi connectivity index (χ2v) is 10.7. The number of hydrogen-bond acceptors (Lipinski definition) is 15. The molecule has 23 nitrogen and oxygen atoms in total. The second kappa shape index (κ2) is 18.9. The summed E-state index contributed by atoms with van der Waals surface area (Å²) in [5, 5.41) is 47.9. The first-order valence-electron chi connectivity index (χ1n) is 14.7. The lowest BCUT2D eigenvalue weighted by Gasteiger charge is -2.33. The van der Waals surface area contributed by atoms with Gasteiger partial charge in [-0.05, 0) is 19.4 Å². The van der Waals surface area contributed by atoms with Gasteiger partial charge in [-0.3, -0.25) is 28.8 Å². The van der Waals surface area contributed by atoms with Crippen molar-refractivity contribution in [3.05, 3.63) is 11.9 Å². The van der Waals surface area contributed by atoms with Gasteiger partial charge in [0.1, 0.15) is 29.9 Å². The van der Waals surface area contributed by atoms with E-state index in [2.05, 4.69) is 42.2 Å². The third-order valence-corrected chi connectivity index (χ3v) is 6.91. The van der Waals surface area contributed by atoms with E-state index in [-0.39, 0.29) is 18.8 Å². The molecule has 2 aliphatic heterocycles. The summed E-state index contributed by atoms with van der Waals surface area (Å²) in [7, 11) is 0. The highest BCUT2D eigenvalue weighted by Crippen LogP contribution is 2.11. The third kappa shape index (κ3) is 12.3. The van der Waals surface area contributed by atoms with E-state index in [1.54, 1.807) is 0 Å². The lowest BCUT2D eigenvalue weighted by molar-refractivity contribution is -0.135. The van der Waals surface area contributed by atoms with Crippen molar-refractivity contribution in [3.8, 4) is 0 Å². The second-order valence-electron chi connectivity index (χ2n) is 10.7. The van der Waals surface area contributed by atoms with Gasteiger partial charge in [0, 0.05) is 31.6 Å². The Balaban J connectivity index is 2.54. The minimum absolute atomic E-state index is 0.245. The zero-order chi connectivity index (χ0) is 36.0. The molecule has 0 bridgehead atoms. The number of nitrogens with one attached hydrogen (secondary N) is 8. The maximum Gasteiger partial charge on any atom is 0.316 e. The predicted molar refractivity (Wildman–Crippen MR) is 164 cm³/mol. The number of rotatable bonds is 10. The molecule has 23 heteroatoms. The molecule has 8 amide bonds. The maximum atomic E-state index is 13.6. The van der Waals surface area contributed by atoms with Crippen LogP contribution in [-0.4, -0.2) is 132 Å². The highest BCUT2D eigenvalue weighted by atomic mass is 16.3. The minimum atomic E-state index is -1.78. The quantitative estimate of drug-likeness (QED) is 0.0950.